The van der Waals surface area contributed by atoms with E-state index in [4.69, 9.17) is 25.8 Å². The van der Waals surface area contributed by atoms with Gasteiger partial charge in [-0.05, 0) is 18.9 Å². The first-order valence-electron chi connectivity index (χ1n) is 7.57. The van der Waals surface area contributed by atoms with E-state index in [-0.39, 0.29) is 6.10 Å². The number of hydrogen-bond acceptors (Lipinski definition) is 5. The summed E-state index contributed by atoms with van der Waals surface area (Å²) in [5.41, 5.74) is 0.361. The number of rotatable bonds is 5. The van der Waals surface area contributed by atoms with Crippen molar-refractivity contribution in [2.24, 2.45) is 11.8 Å². The zero-order chi connectivity index (χ0) is 17.4. The van der Waals surface area contributed by atoms with E-state index in [2.05, 4.69) is 5.32 Å². The molecule has 0 saturated carbocycles. The molecular weight excluding hydrogens is 338 g/mol. The highest BCUT2D eigenvalue weighted by Crippen LogP contribution is 2.44. The predicted molar refractivity (Wildman–Crippen MR) is 85.7 cm³/mol. The normalized spacial score (nSPS) is 27.8. The third kappa shape index (κ3) is 2.78. The minimum absolute atomic E-state index is 0.313. The second-order valence-electron chi connectivity index (χ2n) is 5.86. The molecule has 2 fully saturated rings. The van der Waals surface area contributed by atoms with E-state index in [0.29, 0.717) is 35.1 Å². The molecule has 1 amide bonds. The van der Waals surface area contributed by atoms with Gasteiger partial charge in [-0.1, -0.05) is 11.6 Å². The molecule has 0 aliphatic carbocycles. The number of aliphatic carboxylic acids is 1. The maximum atomic E-state index is 12.7. The van der Waals surface area contributed by atoms with Crippen LogP contribution in [0.2, 0.25) is 5.02 Å². The van der Waals surface area contributed by atoms with Crippen molar-refractivity contribution in [2.45, 2.75) is 25.0 Å². The van der Waals surface area contributed by atoms with Gasteiger partial charge in [-0.25, -0.2) is 0 Å². The number of methoxy groups -OCH3 is 2. The Morgan fingerprint density at radius 2 is 1.79 bits per heavy atom. The summed E-state index contributed by atoms with van der Waals surface area (Å²) < 4.78 is 16.0. The molecule has 3 rings (SSSR count). The predicted octanol–water partition coefficient (Wildman–Crippen LogP) is 2.17. The fraction of sp³-hybridized carbons (Fsp3) is 0.500. The molecule has 24 heavy (non-hydrogen) atoms. The highest BCUT2D eigenvalue weighted by molar-refractivity contribution is 6.32. The second kappa shape index (κ2) is 6.49. The first-order chi connectivity index (χ1) is 11.5. The Morgan fingerprint density at radius 1 is 1.17 bits per heavy atom. The van der Waals surface area contributed by atoms with Crippen LogP contribution in [0, 0.1) is 11.8 Å². The summed E-state index contributed by atoms with van der Waals surface area (Å²) >= 11 is 6.09. The van der Waals surface area contributed by atoms with Crippen LogP contribution in [-0.2, 0) is 14.3 Å². The van der Waals surface area contributed by atoms with Gasteiger partial charge in [0.1, 0.15) is 11.5 Å². The van der Waals surface area contributed by atoms with Crippen molar-refractivity contribution in [3.05, 3.63) is 17.2 Å². The fourth-order valence-electron chi connectivity index (χ4n) is 3.50. The van der Waals surface area contributed by atoms with Crippen molar-refractivity contribution >= 4 is 29.2 Å². The van der Waals surface area contributed by atoms with E-state index in [1.807, 2.05) is 0 Å². The van der Waals surface area contributed by atoms with Gasteiger partial charge >= 0.3 is 5.97 Å². The van der Waals surface area contributed by atoms with Crippen LogP contribution in [0.3, 0.4) is 0 Å². The Balaban J connectivity index is 1.84. The van der Waals surface area contributed by atoms with Crippen LogP contribution in [0.1, 0.15) is 12.8 Å². The number of anilines is 1. The smallest absolute Gasteiger partial charge is 0.310 e. The second-order valence-corrected chi connectivity index (χ2v) is 6.26. The highest BCUT2D eigenvalue weighted by atomic mass is 35.5. The van der Waals surface area contributed by atoms with Gasteiger partial charge in [0.25, 0.3) is 0 Å². The van der Waals surface area contributed by atoms with E-state index in [1.165, 1.54) is 20.3 Å². The lowest BCUT2D eigenvalue weighted by Crippen LogP contribution is -2.41. The minimum Gasteiger partial charge on any atom is -0.495 e. The lowest BCUT2D eigenvalue weighted by atomic mass is 9.78. The number of carboxylic acids is 1. The van der Waals surface area contributed by atoms with E-state index < -0.39 is 29.8 Å². The molecule has 130 valence electrons. The maximum absolute atomic E-state index is 12.7. The lowest BCUT2D eigenvalue weighted by Gasteiger charge is -2.24. The molecule has 0 unspecified atom stereocenters. The summed E-state index contributed by atoms with van der Waals surface area (Å²) in [5.74, 6) is -2.19. The van der Waals surface area contributed by atoms with Gasteiger partial charge in [0.15, 0.2) is 0 Å². The van der Waals surface area contributed by atoms with Gasteiger partial charge in [-0.3, -0.25) is 9.59 Å². The lowest BCUT2D eigenvalue weighted by molar-refractivity contribution is -0.147. The quantitative estimate of drug-likeness (QED) is 0.840. The van der Waals surface area contributed by atoms with Crippen LogP contribution < -0.4 is 14.8 Å². The molecule has 0 aromatic heterocycles. The molecule has 0 spiro atoms. The Morgan fingerprint density at radius 3 is 2.38 bits per heavy atom. The minimum atomic E-state index is -1.01. The van der Waals surface area contributed by atoms with Crippen molar-refractivity contribution in [3.63, 3.8) is 0 Å². The van der Waals surface area contributed by atoms with Gasteiger partial charge in [0.05, 0.1) is 49.0 Å². The molecule has 7 nitrogen and oxygen atoms in total. The van der Waals surface area contributed by atoms with Crippen LogP contribution >= 0.6 is 11.6 Å². The Labute approximate surface area is 143 Å². The molecule has 2 heterocycles. The summed E-state index contributed by atoms with van der Waals surface area (Å²) in [6.45, 7) is 0. The summed E-state index contributed by atoms with van der Waals surface area (Å²) in [6.07, 6.45) is 0.594. The number of carbonyl (C=O) groups excluding carboxylic acids is 1. The highest BCUT2D eigenvalue weighted by Gasteiger charge is 2.55. The van der Waals surface area contributed by atoms with Crippen molar-refractivity contribution in [3.8, 4) is 11.5 Å². The number of carboxylic acid groups (broad SMARTS) is 1. The number of halogens is 1. The molecule has 0 radical (unpaired) electrons. The molecule has 8 heteroatoms. The molecule has 2 aliphatic rings. The van der Waals surface area contributed by atoms with Crippen molar-refractivity contribution in [1.29, 1.82) is 0 Å². The number of nitrogens with one attached hydrogen (secondary N) is 1. The van der Waals surface area contributed by atoms with Crippen molar-refractivity contribution in [2.75, 3.05) is 19.5 Å². The zero-order valence-electron chi connectivity index (χ0n) is 13.2. The maximum Gasteiger partial charge on any atom is 0.310 e. The average Bonchev–Trinajstić information content (AvgIpc) is 3.16. The van der Waals surface area contributed by atoms with Crippen LogP contribution in [0.5, 0.6) is 11.5 Å². The molecule has 2 bridgehead atoms. The average molecular weight is 356 g/mol. The van der Waals surface area contributed by atoms with E-state index in [9.17, 15) is 14.7 Å². The third-order valence-electron chi connectivity index (χ3n) is 4.59. The number of amides is 1. The van der Waals surface area contributed by atoms with Gasteiger partial charge < -0.3 is 24.6 Å². The summed E-state index contributed by atoms with van der Waals surface area (Å²) in [5, 5.41) is 12.4. The molecule has 1 aromatic rings. The molecule has 2 aliphatic heterocycles. The molecule has 2 saturated heterocycles. The summed E-state index contributed by atoms with van der Waals surface area (Å²) in [6, 6.07) is 3.07. The number of hydrogen-bond donors (Lipinski definition) is 2. The standard InChI is InChI=1S/C16H18ClNO6/c1-22-11-6-12(23-2)8(5-7(11)17)18-15(19)13-9-3-4-10(24-9)14(13)16(20)21/h5-6,9-10,13-14H,3-4H2,1-2H3,(H,18,19)(H,20,21)/t9-,10-,13-,14+/m1/s1. The summed E-state index contributed by atoms with van der Waals surface area (Å²) in [4.78, 5) is 24.2. The third-order valence-corrected chi connectivity index (χ3v) is 4.89. The van der Waals surface area contributed by atoms with E-state index in [1.54, 1.807) is 6.07 Å². The Bertz CT molecular complexity index is 679. The number of fused-ring (bicyclic) bond motifs is 2. The number of benzene rings is 1. The summed E-state index contributed by atoms with van der Waals surface area (Å²) in [7, 11) is 2.93. The van der Waals surface area contributed by atoms with Gasteiger partial charge in [0, 0.05) is 6.07 Å². The molecule has 4 atom stereocenters. The molecule has 1 aromatic carbocycles. The first kappa shape index (κ1) is 16.9. The Kier molecular flexibility index (Phi) is 4.56. The Hall–Kier alpha value is -1.99. The molecule has 2 N–H and O–H groups in total. The van der Waals surface area contributed by atoms with E-state index >= 15 is 0 Å². The van der Waals surface area contributed by atoms with Crippen LogP contribution in [-0.4, -0.2) is 43.4 Å². The topological polar surface area (TPSA) is 94.1 Å². The van der Waals surface area contributed by atoms with Crippen LogP contribution in [0.4, 0.5) is 5.69 Å². The SMILES string of the molecule is COc1cc(OC)c(NC(=O)[C@H]2[C@@H](C(=O)O)[C@H]3CC[C@H]2O3)cc1Cl. The van der Waals surface area contributed by atoms with Crippen molar-refractivity contribution in [1.82, 2.24) is 0 Å². The largest absolute Gasteiger partial charge is 0.495 e. The van der Waals surface area contributed by atoms with E-state index in [0.717, 1.165) is 0 Å². The van der Waals surface area contributed by atoms with Crippen LogP contribution in [0.25, 0.3) is 0 Å². The van der Waals surface area contributed by atoms with Gasteiger partial charge in [-0.2, -0.15) is 0 Å². The van der Waals surface area contributed by atoms with Gasteiger partial charge in [-0.15, -0.1) is 0 Å². The van der Waals surface area contributed by atoms with Crippen LogP contribution in [0.15, 0.2) is 12.1 Å². The monoisotopic (exact) mass is 355 g/mol. The van der Waals surface area contributed by atoms with Gasteiger partial charge in [0.2, 0.25) is 5.91 Å². The number of ether oxygens (including phenoxy) is 3. The zero-order valence-corrected chi connectivity index (χ0v) is 14.0. The number of carbonyl (C=O) groups is 2. The fourth-order valence-corrected chi connectivity index (χ4v) is 3.74. The first-order valence-corrected chi connectivity index (χ1v) is 7.94. The molecular formula is C16H18ClNO6. The van der Waals surface area contributed by atoms with Crippen molar-refractivity contribution < 1.29 is 28.9 Å².